The number of aromatic nitrogens is 1. The molecule has 0 bridgehead atoms. The second-order valence-corrected chi connectivity index (χ2v) is 6.22. The second kappa shape index (κ2) is 6.70. The predicted octanol–water partition coefficient (Wildman–Crippen LogP) is 1.62. The summed E-state index contributed by atoms with van der Waals surface area (Å²) in [6.45, 7) is 1.94. The Balaban J connectivity index is 1.59. The lowest BCUT2D eigenvalue weighted by atomic mass is 10.1. The number of pyridine rings is 1. The molecule has 0 saturated carbocycles. The summed E-state index contributed by atoms with van der Waals surface area (Å²) >= 11 is 1.55. The number of rotatable bonds is 5. The monoisotopic (exact) mass is 309 g/mol. The molecule has 2 aromatic heterocycles. The molecule has 114 valence electrons. The fourth-order valence-corrected chi connectivity index (χ4v) is 3.29. The van der Waals surface area contributed by atoms with E-state index in [1.807, 2.05) is 17.5 Å². The van der Waals surface area contributed by atoms with Gasteiger partial charge in [0.05, 0.1) is 30.7 Å². The maximum Gasteiger partial charge on any atom is 0.259 e. The van der Waals surface area contributed by atoms with Crippen LogP contribution < -0.4 is 5.56 Å². The molecule has 1 aliphatic heterocycles. The fraction of sp³-hybridized carbons (Fsp3) is 0.533. The molecule has 0 radical (unpaired) electrons. The summed E-state index contributed by atoms with van der Waals surface area (Å²) in [6, 6.07) is 3.73. The Morgan fingerprint density at radius 3 is 3.05 bits per heavy atom. The van der Waals surface area contributed by atoms with Crippen molar-refractivity contribution in [3.63, 3.8) is 0 Å². The van der Waals surface area contributed by atoms with Crippen molar-refractivity contribution in [2.45, 2.75) is 31.6 Å². The van der Waals surface area contributed by atoms with Crippen LogP contribution >= 0.6 is 11.3 Å². The summed E-state index contributed by atoms with van der Waals surface area (Å²) < 4.78 is 13.5. The van der Waals surface area contributed by atoms with E-state index in [0.717, 1.165) is 30.8 Å². The van der Waals surface area contributed by atoms with Crippen molar-refractivity contribution in [2.75, 3.05) is 19.8 Å². The maximum atomic E-state index is 12.2. The van der Waals surface area contributed by atoms with Crippen LogP contribution in [0.1, 0.15) is 12.8 Å². The van der Waals surface area contributed by atoms with Gasteiger partial charge in [-0.1, -0.05) is 0 Å². The third-order valence-corrected chi connectivity index (χ3v) is 4.57. The third kappa shape index (κ3) is 3.52. The van der Waals surface area contributed by atoms with E-state index in [1.54, 1.807) is 22.1 Å². The summed E-state index contributed by atoms with van der Waals surface area (Å²) in [7, 11) is 0. The second-order valence-electron chi connectivity index (χ2n) is 5.27. The van der Waals surface area contributed by atoms with E-state index in [-0.39, 0.29) is 24.8 Å². The van der Waals surface area contributed by atoms with Gasteiger partial charge in [0.15, 0.2) is 0 Å². The minimum Gasteiger partial charge on any atom is -0.389 e. The highest BCUT2D eigenvalue weighted by molar-refractivity contribution is 7.17. The summed E-state index contributed by atoms with van der Waals surface area (Å²) in [4.78, 5) is 12.2. The smallest absolute Gasteiger partial charge is 0.259 e. The predicted molar refractivity (Wildman–Crippen MR) is 81.9 cm³/mol. The Morgan fingerprint density at radius 2 is 2.24 bits per heavy atom. The lowest BCUT2D eigenvalue weighted by molar-refractivity contribution is -0.0618. The average Bonchev–Trinajstić information content (AvgIpc) is 2.98. The third-order valence-electron chi connectivity index (χ3n) is 3.69. The Kier molecular flexibility index (Phi) is 4.70. The van der Waals surface area contributed by atoms with Gasteiger partial charge in [0.25, 0.3) is 5.56 Å². The van der Waals surface area contributed by atoms with Crippen molar-refractivity contribution >= 4 is 21.4 Å². The van der Waals surface area contributed by atoms with Crippen LogP contribution in [0.25, 0.3) is 10.1 Å². The molecule has 3 heterocycles. The fourth-order valence-electron chi connectivity index (χ4n) is 2.52. The summed E-state index contributed by atoms with van der Waals surface area (Å²) in [5, 5.41) is 12.7. The van der Waals surface area contributed by atoms with Gasteiger partial charge in [-0.3, -0.25) is 4.79 Å². The van der Waals surface area contributed by atoms with E-state index in [1.165, 1.54) is 0 Å². The zero-order chi connectivity index (χ0) is 14.7. The van der Waals surface area contributed by atoms with Crippen LogP contribution in [-0.2, 0) is 16.0 Å². The van der Waals surface area contributed by atoms with Gasteiger partial charge >= 0.3 is 0 Å². The van der Waals surface area contributed by atoms with Crippen molar-refractivity contribution in [2.24, 2.45) is 0 Å². The highest BCUT2D eigenvalue weighted by atomic mass is 32.1. The van der Waals surface area contributed by atoms with E-state index in [4.69, 9.17) is 9.47 Å². The van der Waals surface area contributed by atoms with Gasteiger partial charge in [0, 0.05) is 24.1 Å². The number of aliphatic hydroxyl groups excluding tert-OH is 1. The number of aliphatic hydroxyl groups is 1. The summed E-state index contributed by atoms with van der Waals surface area (Å²) in [6.07, 6.45) is 2.95. The molecule has 1 fully saturated rings. The van der Waals surface area contributed by atoms with E-state index in [9.17, 15) is 9.90 Å². The first-order valence-corrected chi connectivity index (χ1v) is 8.06. The summed E-state index contributed by atoms with van der Waals surface area (Å²) in [5.41, 5.74) is -0.0566. The molecule has 1 N–H and O–H groups in total. The molecule has 6 heteroatoms. The molecule has 1 unspecified atom stereocenters. The molecular formula is C15H19NO4S. The molecule has 3 rings (SSSR count). The Morgan fingerprint density at radius 1 is 1.43 bits per heavy atom. The molecule has 0 aliphatic carbocycles. The summed E-state index contributed by atoms with van der Waals surface area (Å²) in [5.74, 6) is 0. The molecule has 21 heavy (non-hydrogen) atoms. The Hall–Kier alpha value is -1.21. The molecule has 1 atom stereocenters. The van der Waals surface area contributed by atoms with E-state index >= 15 is 0 Å². The number of nitrogens with zero attached hydrogens (tertiary/aromatic N) is 1. The van der Waals surface area contributed by atoms with Crippen molar-refractivity contribution < 1.29 is 14.6 Å². The highest BCUT2D eigenvalue weighted by Crippen LogP contribution is 2.16. The van der Waals surface area contributed by atoms with Crippen molar-refractivity contribution in [1.29, 1.82) is 0 Å². The standard InChI is InChI=1S/C15H19NO4S/c17-11(10-20-12-2-6-19-7-3-12)9-16-5-1-14-13(15(16)18)4-8-21-14/h1,4-5,8,11-12,17H,2-3,6-7,9-10H2. The number of ether oxygens (including phenoxy) is 2. The maximum absolute atomic E-state index is 12.2. The van der Waals surface area contributed by atoms with Crippen LogP contribution in [0.2, 0.25) is 0 Å². The molecule has 0 aromatic carbocycles. The Labute approximate surface area is 126 Å². The average molecular weight is 309 g/mol. The molecule has 0 spiro atoms. The molecule has 1 aliphatic rings. The number of hydrogen-bond donors (Lipinski definition) is 1. The van der Waals surface area contributed by atoms with Crippen LogP contribution in [0.5, 0.6) is 0 Å². The number of hydrogen-bond acceptors (Lipinski definition) is 5. The van der Waals surface area contributed by atoms with Crippen LogP contribution in [-0.4, -0.2) is 41.7 Å². The van der Waals surface area contributed by atoms with Crippen molar-refractivity contribution in [1.82, 2.24) is 4.57 Å². The first kappa shape index (κ1) is 14.7. The zero-order valence-corrected chi connectivity index (χ0v) is 12.6. The minimum absolute atomic E-state index is 0.0566. The van der Waals surface area contributed by atoms with Crippen LogP contribution in [0.15, 0.2) is 28.5 Å². The van der Waals surface area contributed by atoms with Crippen LogP contribution in [0.4, 0.5) is 0 Å². The van der Waals surface area contributed by atoms with Gasteiger partial charge in [0.2, 0.25) is 0 Å². The highest BCUT2D eigenvalue weighted by Gasteiger charge is 2.16. The molecule has 2 aromatic rings. The van der Waals surface area contributed by atoms with Gasteiger partial charge in [-0.25, -0.2) is 0 Å². The normalized spacial score (nSPS) is 18.1. The molecule has 5 nitrogen and oxygen atoms in total. The minimum atomic E-state index is -0.679. The molecular weight excluding hydrogens is 290 g/mol. The zero-order valence-electron chi connectivity index (χ0n) is 11.7. The van der Waals surface area contributed by atoms with Gasteiger partial charge in [-0.15, -0.1) is 11.3 Å². The van der Waals surface area contributed by atoms with E-state index in [2.05, 4.69) is 0 Å². The molecule has 1 saturated heterocycles. The molecule has 0 amide bonds. The number of fused-ring (bicyclic) bond motifs is 1. The van der Waals surface area contributed by atoms with Gasteiger partial charge in [0.1, 0.15) is 0 Å². The van der Waals surface area contributed by atoms with Crippen LogP contribution in [0, 0.1) is 0 Å². The van der Waals surface area contributed by atoms with Crippen molar-refractivity contribution in [3.8, 4) is 0 Å². The lowest BCUT2D eigenvalue weighted by Gasteiger charge is -2.23. The van der Waals surface area contributed by atoms with Gasteiger partial charge < -0.3 is 19.1 Å². The Bertz CT molecular complexity index is 644. The van der Waals surface area contributed by atoms with E-state index < -0.39 is 6.10 Å². The quantitative estimate of drug-likeness (QED) is 0.912. The SMILES string of the molecule is O=c1c2ccsc2ccn1CC(O)COC1CCOCC1. The van der Waals surface area contributed by atoms with E-state index in [0.29, 0.717) is 5.39 Å². The first-order valence-electron chi connectivity index (χ1n) is 7.18. The lowest BCUT2D eigenvalue weighted by Crippen LogP contribution is -2.32. The topological polar surface area (TPSA) is 60.7 Å². The van der Waals surface area contributed by atoms with Gasteiger partial charge in [-0.05, 0) is 30.4 Å². The van der Waals surface area contributed by atoms with Gasteiger partial charge in [-0.2, -0.15) is 0 Å². The van der Waals surface area contributed by atoms with Crippen LogP contribution in [0.3, 0.4) is 0 Å². The van der Waals surface area contributed by atoms with Crippen molar-refractivity contribution in [3.05, 3.63) is 34.1 Å². The first-order chi connectivity index (χ1) is 10.2. The largest absolute Gasteiger partial charge is 0.389 e. The number of thiophene rings is 1.